The molecule has 1 aliphatic rings. The molecule has 0 spiro atoms. The van der Waals surface area contributed by atoms with Crippen LogP contribution in [0, 0.1) is 11.3 Å². The van der Waals surface area contributed by atoms with E-state index in [1.807, 2.05) is 34.1 Å². The molecule has 3 rings (SSSR count). The molecule has 0 saturated carbocycles. The zero-order valence-corrected chi connectivity index (χ0v) is 16.0. The van der Waals surface area contributed by atoms with Gasteiger partial charge in [0.25, 0.3) is 5.91 Å². The van der Waals surface area contributed by atoms with Gasteiger partial charge < -0.3 is 10.2 Å². The van der Waals surface area contributed by atoms with Crippen molar-refractivity contribution >= 4 is 17.5 Å². The van der Waals surface area contributed by atoms with Gasteiger partial charge >= 0.3 is 0 Å². The quantitative estimate of drug-likeness (QED) is 0.870. The number of aryl methyl sites for hydroxylation is 1. The van der Waals surface area contributed by atoms with Gasteiger partial charge in [0.2, 0.25) is 5.91 Å². The van der Waals surface area contributed by atoms with Gasteiger partial charge in [0, 0.05) is 37.4 Å². The molecule has 1 saturated heterocycles. The smallest absolute Gasteiger partial charge is 0.253 e. The summed E-state index contributed by atoms with van der Waals surface area (Å²) < 4.78 is 0. The molecule has 0 aromatic heterocycles. The van der Waals surface area contributed by atoms with Crippen molar-refractivity contribution in [2.45, 2.75) is 13.3 Å². The van der Waals surface area contributed by atoms with E-state index in [2.05, 4.69) is 18.3 Å². The zero-order valence-electron chi connectivity index (χ0n) is 16.0. The number of carbonyl (C=O) groups is 2. The minimum absolute atomic E-state index is 0.0417. The average Bonchev–Trinajstić information content (AvgIpc) is 2.74. The van der Waals surface area contributed by atoms with Gasteiger partial charge in [-0.2, -0.15) is 5.26 Å². The highest BCUT2D eigenvalue weighted by Gasteiger charge is 2.23. The summed E-state index contributed by atoms with van der Waals surface area (Å²) in [5, 5.41) is 11.8. The van der Waals surface area contributed by atoms with Crippen LogP contribution in [0.4, 0.5) is 5.69 Å². The number of hydrogen-bond donors (Lipinski definition) is 1. The maximum absolute atomic E-state index is 12.6. The fraction of sp³-hybridized carbons (Fsp3) is 0.318. The third kappa shape index (κ3) is 4.96. The lowest BCUT2D eigenvalue weighted by atomic mass is 10.1. The van der Waals surface area contributed by atoms with Crippen LogP contribution in [0.5, 0.6) is 0 Å². The summed E-state index contributed by atoms with van der Waals surface area (Å²) >= 11 is 0. The SMILES string of the molecule is CCc1ccc(C(=O)N2CCN(CC(=O)Nc3cccc(C#N)c3)CC2)cc1. The summed E-state index contributed by atoms with van der Waals surface area (Å²) in [7, 11) is 0. The largest absolute Gasteiger partial charge is 0.336 e. The van der Waals surface area contributed by atoms with Gasteiger partial charge in [-0.25, -0.2) is 0 Å². The van der Waals surface area contributed by atoms with Gasteiger partial charge in [0.15, 0.2) is 0 Å². The highest BCUT2D eigenvalue weighted by atomic mass is 16.2. The Kier molecular flexibility index (Phi) is 6.41. The first-order valence-electron chi connectivity index (χ1n) is 9.49. The fourth-order valence-corrected chi connectivity index (χ4v) is 3.24. The van der Waals surface area contributed by atoms with Gasteiger partial charge in [-0.05, 0) is 42.3 Å². The third-order valence-electron chi connectivity index (χ3n) is 4.91. The van der Waals surface area contributed by atoms with Gasteiger partial charge in [0.05, 0.1) is 18.2 Å². The van der Waals surface area contributed by atoms with Crippen molar-refractivity contribution in [2.75, 3.05) is 38.0 Å². The Bertz CT molecular complexity index is 878. The summed E-state index contributed by atoms with van der Waals surface area (Å²) in [6, 6.07) is 16.7. The number of nitriles is 1. The van der Waals surface area contributed by atoms with Crippen molar-refractivity contribution < 1.29 is 9.59 Å². The van der Waals surface area contributed by atoms with E-state index in [0.29, 0.717) is 43.0 Å². The molecular weight excluding hydrogens is 352 g/mol. The van der Waals surface area contributed by atoms with Crippen molar-refractivity contribution in [3.8, 4) is 6.07 Å². The van der Waals surface area contributed by atoms with Gasteiger partial charge in [-0.15, -0.1) is 0 Å². The number of nitrogens with zero attached hydrogens (tertiary/aromatic N) is 3. The number of benzene rings is 2. The summed E-state index contributed by atoms with van der Waals surface area (Å²) in [5.41, 5.74) is 3.05. The Morgan fingerprint density at radius 2 is 1.79 bits per heavy atom. The van der Waals surface area contributed by atoms with Crippen LogP contribution in [0.25, 0.3) is 0 Å². The molecule has 1 heterocycles. The summed E-state index contributed by atoms with van der Waals surface area (Å²) in [5.74, 6) is -0.0786. The molecule has 0 aliphatic carbocycles. The molecule has 0 bridgehead atoms. The number of carbonyl (C=O) groups excluding carboxylic acids is 2. The summed E-state index contributed by atoms with van der Waals surface area (Å²) in [4.78, 5) is 28.8. The second-order valence-electron chi connectivity index (χ2n) is 6.86. The number of amides is 2. The monoisotopic (exact) mass is 376 g/mol. The van der Waals surface area contributed by atoms with Crippen molar-refractivity contribution in [2.24, 2.45) is 0 Å². The lowest BCUT2D eigenvalue weighted by molar-refractivity contribution is -0.117. The number of anilines is 1. The number of rotatable bonds is 5. The first-order chi connectivity index (χ1) is 13.6. The molecule has 144 valence electrons. The van der Waals surface area contributed by atoms with E-state index in [9.17, 15) is 9.59 Å². The topological polar surface area (TPSA) is 76.4 Å². The Balaban J connectivity index is 1.48. The van der Waals surface area contributed by atoms with E-state index in [1.54, 1.807) is 24.3 Å². The minimum Gasteiger partial charge on any atom is -0.336 e. The maximum Gasteiger partial charge on any atom is 0.253 e. The third-order valence-corrected chi connectivity index (χ3v) is 4.91. The Labute approximate surface area is 165 Å². The normalized spacial score (nSPS) is 14.4. The lowest BCUT2D eigenvalue weighted by Crippen LogP contribution is -2.50. The summed E-state index contributed by atoms with van der Waals surface area (Å²) in [6.45, 7) is 4.88. The average molecular weight is 376 g/mol. The molecule has 2 aromatic rings. The molecular formula is C22H24N4O2. The van der Waals surface area contributed by atoms with Crippen LogP contribution in [0.2, 0.25) is 0 Å². The van der Waals surface area contributed by atoms with Crippen LogP contribution in [-0.2, 0) is 11.2 Å². The molecule has 0 radical (unpaired) electrons. The number of nitrogens with one attached hydrogen (secondary N) is 1. The number of hydrogen-bond acceptors (Lipinski definition) is 4. The Hall–Kier alpha value is -3.17. The summed E-state index contributed by atoms with van der Waals surface area (Å²) in [6.07, 6.45) is 0.954. The minimum atomic E-state index is -0.120. The maximum atomic E-state index is 12.6. The molecule has 0 unspecified atom stereocenters. The van der Waals surface area contributed by atoms with E-state index < -0.39 is 0 Å². The van der Waals surface area contributed by atoms with Gasteiger partial charge in [0.1, 0.15) is 0 Å². The van der Waals surface area contributed by atoms with Crippen LogP contribution in [-0.4, -0.2) is 54.3 Å². The molecule has 0 atom stereocenters. The molecule has 2 amide bonds. The van der Waals surface area contributed by atoms with Crippen molar-refractivity contribution in [1.29, 1.82) is 5.26 Å². The number of piperazine rings is 1. The van der Waals surface area contributed by atoms with Crippen LogP contribution in [0.1, 0.15) is 28.4 Å². The van der Waals surface area contributed by atoms with Crippen molar-refractivity contribution in [3.63, 3.8) is 0 Å². The highest BCUT2D eigenvalue weighted by Crippen LogP contribution is 2.12. The van der Waals surface area contributed by atoms with Gasteiger partial charge in [-0.3, -0.25) is 14.5 Å². The van der Waals surface area contributed by atoms with Crippen LogP contribution < -0.4 is 5.32 Å². The molecule has 2 aromatic carbocycles. The van der Waals surface area contributed by atoms with Crippen LogP contribution >= 0.6 is 0 Å². The van der Waals surface area contributed by atoms with Crippen LogP contribution in [0.15, 0.2) is 48.5 Å². The van der Waals surface area contributed by atoms with Gasteiger partial charge in [-0.1, -0.05) is 25.1 Å². The second-order valence-corrected chi connectivity index (χ2v) is 6.86. The highest BCUT2D eigenvalue weighted by molar-refractivity contribution is 5.94. The standard InChI is InChI=1S/C22H24N4O2/c1-2-17-6-8-19(9-7-17)22(28)26-12-10-25(11-13-26)16-21(27)24-20-5-3-4-18(14-20)15-23/h3-9,14H,2,10-13,16H2,1H3,(H,24,27). The van der Waals surface area contributed by atoms with E-state index in [4.69, 9.17) is 5.26 Å². The van der Waals surface area contributed by atoms with E-state index >= 15 is 0 Å². The fourth-order valence-electron chi connectivity index (χ4n) is 3.24. The molecule has 6 heteroatoms. The molecule has 1 N–H and O–H groups in total. The molecule has 6 nitrogen and oxygen atoms in total. The van der Waals surface area contributed by atoms with E-state index in [1.165, 1.54) is 5.56 Å². The predicted octanol–water partition coefficient (Wildman–Crippen LogP) is 2.52. The molecule has 1 fully saturated rings. The van der Waals surface area contributed by atoms with Crippen molar-refractivity contribution in [1.82, 2.24) is 9.80 Å². The lowest BCUT2D eigenvalue weighted by Gasteiger charge is -2.34. The van der Waals surface area contributed by atoms with Crippen molar-refractivity contribution in [3.05, 3.63) is 65.2 Å². The molecule has 28 heavy (non-hydrogen) atoms. The molecule has 1 aliphatic heterocycles. The van der Waals surface area contributed by atoms with Crippen LogP contribution in [0.3, 0.4) is 0 Å². The van der Waals surface area contributed by atoms with E-state index in [0.717, 1.165) is 6.42 Å². The predicted molar refractivity (Wildman–Crippen MR) is 108 cm³/mol. The Morgan fingerprint density at radius 1 is 1.07 bits per heavy atom. The zero-order chi connectivity index (χ0) is 19.9. The Morgan fingerprint density at radius 3 is 2.43 bits per heavy atom. The first kappa shape index (κ1) is 19.6. The first-order valence-corrected chi connectivity index (χ1v) is 9.49. The van der Waals surface area contributed by atoms with E-state index in [-0.39, 0.29) is 18.4 Å². The second kappa shape index (κ2) is 9.16.